The summed E-state index contributed by atoms with van der Waals surface area (Å²) in [4.78, 5) is 40.2. The molecule has 0 N–H and O–H groups in total. The third kappa shape index (κ3) is 6.17. The van der Waals surface area contributed by atoms with Gasteiger partial charge in [-0.1, -0.05) is 42.5 Å². The summed E-state index contributed by atoms with van der Waals surface area (Å²) in [5.41, 5.74) is 2.15. The average Bonchev–Trinajstić information content (AvgIpc) is 2.89. The van der Waals surface area contributed by atoms with Gasteiger partial charge in [-0.25, -0.2) is 9.59 Å². The first-order valence-corrected chi connectivity index (χ1v) is 12.2. The maximum absolute atomic E-state index is 13.3. The Morgan fingerprint density at radius 2 is 1.51 bits per heavy atom. The second kappa shape index (κ2) is 10.9. The van der Waals surface area contributed by atoms with E-state index in [-0.39, 0.29) is 12.5 Å². The molecule has 37 heavy (non-hydrogen) atoms. The Morgan fingerprint density at radius 3 is 2.11 bits per heavy atom. The molecule has 1 aliphatic heterocycles. The third-order valence-electron chi connectivity index (χ3n) is 6.07. The first-order valence-electron chi connectivity index (χ1n) is 12.2. The van der Waals surface area contributed by atoms with E-state index in [1.54, 1.807) is 55.6 Å². The zero-order valence-electron chi connectivity index (χ0n) is 21.5. The molecule has 0 unspecified atom stereocenters. The van der Waals surface area contributed by atoms with Crippen molar-refractivity contribution in [2.24, 2.45) is 5.92 Å². The summed E-state index contributed by atoms with van der Waals surface area (Å²) in [7, 11) is 1.57. The number of β-lactam (4-membered cyclic amide) rings is 1. The van der Waals surface area contributed by atoms with Crippen LogP contribution in [0.2, 0.25) is 0 Å². The molecule has 4 rings (SSSR count). The number of carbonyl (C=O) groups is 3. The van der Waals surface area contributed by atoms with Gasteiger partial charge in [0.1, 0.15) is 24.0 Å². The van der Waals surface area contributed by atoms with Gasteiger partial charge in [-0.15, -0.1) is 0 Å². The van der Waals surface area contributed by atoms with Crippen LogP contribution in [0.15, 0.2) is 78.9 Å². The van der Waals surface area contributed by atoms with E-state index in [4.69, 9.17) is 14.2 Å². The van der Waals surface area contributed by atoms with Crippen molar-refractivity contribution >= 4 is 23.5 Å². The summed E-state index contributed by atoms with van der Waals surface area (Å²) in [6.07, 6.45) is 0.441. The first kappa shape index (κ1) is 25.9. The molecule has 0 spiro atoms. The molecule has 1 heterocycles. The van der Waals surface area contributed by atoms with Gasteiger partial charge in [0.05, 0.1) is 18.6 Å². The molecule has 3 aromatic carbocycles. The Hall–Kier alpha value is -4.13. The van der Waals surface area contributed by atoms with Crippen LogP contribution < -0.4 is 9.64 Å². The van der Waals surface area contributed by atoms with Gasteiger partial charge in [-0.2, -0.15) is 0 Å². The Labute approximate surface area is 217 Å². The number of nitrogens with zero attached hydrogens (tertiary/aromatic N) is 1. The molecule has 192 valence electrons. The molecule has 7 nitrogen and oxygen atoms in total. The van der Waals surface area contributed by atoms with Gasteiger partial charge in [-0.05, 0) is 74.7 Å². The van der Waals surface area contributed by atoms with Crippen LogP contribution in [0.4, 0.5) is 5.69 Å². The zero-order valence-corrected chi connectivity index (χ0v) is 21.5. The second-order valence-corrected chi connectivity index (χ2v) is 9.95. The molecule has 0 saturated carbocycles. The summed E-state index contributed by atoms with van der Waals surface area (Å²) in [5, 5.41) is 0. The highest BCUT2D eigenvalue weighted by Crippen LogP contribution is 2.36. The van der Waals surface area contributed by atoms with Crippen molar-refractivity contribution in [3.63, 3.8) is 0 Å². The van der Waals surface area contributed by atoms with E-state index in [1.165, 1.54) is 4.90 Å². The van der Waals surface area contributed by atoms with E-state index in [1.807, 2.05) is 51.1 Å². The van der Waals surface area contributed by atoms with Crippen LogP contribution in [0.5, 0.6) is 5.75 Å². The average molecular weight is 502 g/mol. The molecule has 1 fully saturated rings. The van der Waals surface area contributed by atoms with E-state index < -0.39 is 29.5 Å². The molecule has 0 aliphatic carbocycles. The van der Waals surface area contributed by atoms with Crippen LogP contribution in [0.25, 0.3) is 0 Å². The molecule has 3 aromatic rings. The van der Waals surface area contributed by atoms with Crippen LogP contribution in [0.3, 0.4) is 0 Å². The fraction of sp³-hybridized carbons (Fsp3) is 0.300. The van der Waals surface area contributed by atoms with Crippen molar-refractivity contribution in [2.45, 2.75) is 45.4 Å². The standard InChI is InChI=1S/C30H31NO6/c1-30(2,3)37-28(33)22-12-10-21(11-13-22)19-36-29(34)26-25(18-20-8-6-5-7-9-20)27(32)31(26)23-14-16-24(35-4)17-15-23/h5-17,25-26H,18-19H2,1-4H3/t25-,26-/m0/s1. The van der Waals surface area contributed by atoms with Crippen molar-refractivity contribution in [2.75, 3.05) is 12.0 Å². The highest BCUT2D eigenvalue weighted by atomic mass is 16.6. The Bertz CT molecular complexity index is 1250. The second-order valence-electron chi connectivity index (χ2n) is 9.95. The lowest BCUT2D eigenvalue weighted by Crippen LogP contribution is -2.65. The van der Waals surface area contributed by atoms with Gasteiger partial charge in [0.15, 0.2) is 0 Å². The van der Waals surface area contributed by atoms with Crippen LogP contribution in [-0.2, 0) is 32.1 Å². The largest absolute Gasteiger partial charge is 0.497 e. The third-order valence-corrected chi connectivity index (χ3v) is 6.07. The molecule has 0 bridgehead atoms. The number of esters is 2. The van der Waals surface area contributed by atoms with Gasteiger partial charge < -0.3 is 14.2 Å². The maximum atomic E-state index is 13.3. The quantitative estimate of drug-likeness (QED) is 0.320. The van der Waals surface area contributed by atoms with E-state index in [2.05, 4.69) is 0 Å². The monoisotopic (exact) mass is 501 g/mol. The molecule has 7 heteroatoms. The van der Waals surface area contributed by atoms with Gasteiger partial charge in [0.25, 0.3) is 0 Å². The Kier molecular flexibility index (Phi) is 7.62. The Morgan fingerprint density at radius 1 is 0.865 bits per heavy atom. The van der Waals surface area contributed by atoms with E-state index in [0.29, 0.717) is 23.4 Å². The number of amides is 1. The number of anilines is 1. The highest BCUT2D eigenvalue weighted by Gasteiger charge is 2.52. The number of hydrogen-bond donors (Lipinski definition) is 0. The molecular weight excluding hydrogens is 470 g/mol. The number of hydrogen-bond acceptors (Lipinski definition) is 6. The summed E-state index contributed by atoms with van der Waals surface area (Å²) >= 11 is 0. The lowest BCUT2D eigenvalue weighted by molar-refractivity contribution is -0.155. The summed E-state index contributed by atoms with van der Waals surface area (Å²) in [6, 6.07) is 22.6. The van der Waals surface area contributed by atoms with Crippen LogP contribution >= 0.6 is 0 Å². The lowest BCUT2D eigenvalue weighted by Gasteiger charge is -2.45. The van der Waals surface area contributed by atoms with Gasteiger partial charge >= 0.3 is 11.9 Å². The van der Waals surface area contributed by atoms with Crippen molar-refractivity contribution < 1.29 is 28.6 Å². The molecule has 2 atom stereocenters. The van der Waals surface area contributed by atoms with E-state index >= 15 is 0 Å². The topological polar surface area (TPSA) is 82.1 Å². The van der Waals surface area contributed by atoms with E-state index in [0.717, 1.165) is 11.1 Å². The molecular formula is C30H31NO6. The summed E-state index contributed by atoms with van der Waals surface area (Å²) < 4.78 is 16.2. The lowest BCUT2D eigenvalue weighted by atomic mass is 9.81. The Balaban J connectivity index is 1.47. The van der Waals surface area contributed by atoms with Crippen LogP contribution in [0, 0.1) is 5.92 Å². The number of benzene rings is 3. The normalized spacial score (nSPS) is 17.1. The molecule has 1 aliphatic rings. The summed E-state index contributed by atoms with van der Waals surface area (Å²) in [6.45, 7) is 5.45. The van der Waals surface area contributed by atoms with Crippen molar-refractivity contribution in [3.05, 3.63) is 95.6 Å². The van der Waals surface area contributed by atoms with Crippen molar-refractivity contribution in [1.29, 1.82) is 0 Å². The molecule has 1 amide bonds. The number of methoxy groups -OCH3 is 1. The van der Waals surface area contributed by atoms with Gasteiger partial charge in [0, 0.05) is 5.69 Å². The summed E-state index contributed by atoms with van der Waals surface area (Å²) in [5.74, 6) is -0.883. The van der Waals surface area contributed by atoms with E-state index in [9.17, 15) is 14.4 Å². The van der Waals surface area contributed by atoms with Crippen molar-refractivity contribution in [3.8, 4) is 5.75 Å². The molecule has 0 aromatic heterocycles. The SMILES string of the molecule is COc1ccc(N2C(=O)[C@@H](Cc3ccccc3)[C@H]2C(=O)OCc2ccc(C(=O)OC(C)(C)C)cc2)cc1. The number of carbonyl (C=O) groups excluding carboxylic acids is 3. The number of ether oxygens (including phenoxy) is 3. The van der Waals surface area contributed by atoms with Crippen LogP contribution in [0.1, 0.15) is 42.3 Å². The zero-order chi connectivity index (χ0) is 26.6. The predicted octanol–water partition coefficient (Wildman–Crippen LogP) is 4.97. The van der Waals surface area contributed by atoms with Crippen molar-refractivity contribution in [1.82, 2.24) is 0 Å². The first-order chi connectivity index (χ1) is 17.7. The minimum absolute atomic E-state index is 0.0205. The smallest absolute Gasteiger partial charge is 0.338 e. The fourth-order valence-electron chi connectivity index (χ4n) is 4.23. The van der Waals surface area contributed by atoms with Gasteiger partial charge in [-0.3, -0.25) is 9.69 Å². The minimum Gasteiger partial charge on any atom is -0.497 e. The highest BCUT2D eigenvalue weighted by molar-refractivity contribution is 6.10. The minimum atomic E-state index is -0.748. The molecule has 1 saturated heterocycles. The van der Waals surface area contributed by atoms with Gasteiger partial charge in [0.2, 0.25) is 5.91 Å². The fourth-order valence-corrected chi connectivity index (χ4v) is 4.23. The number of rotatable bonds is 8. The van der Waals surface area contributed by atoms with Crippen LogP contribution in [-0.4, -0.2) is 36.6 Å². The maximum Gasteiger partial charge on any atom is 0.338 e. The molecule has 0 radical (unpaired) electrons. The predicted molar refractivity (Wildman–Crippen MR) is 139 cm³/mol.